The van der Waals surface area contributed by atoms with Gasteiger partial charge < -0.3 is 10.1 Å². The SMILES string of the molecule is O=C(NCC1(c2ccc(Cl)cc2)CCOCC1)c1ccccc1S(=O)(=O)N1CCCCC1. The first-order chi connectivity index (χ1) is 15.4. The second kappa shape index (κ2) is 9.91. The molecule has 0 aliphatic carbocycles. The zero-order valence-corrected chi connectivity index (χ0v) is 19.6. The number of carbonyl (C=O) groups excluding carboxylic acids is 1. The number of piperidine rings is 1. The predicted octanol–water partition coefficient (Wildman–Crippen LogP) is 3.99. The predicted molar refractivity (Wildman–Crippen MR) is 125 cm³/mol. The molecule has 2 saturated heterocycles. The van der Waals surface area contributed by atoms with Crippen LogP contribution < -0.4 is 5.32 Å². The Morgan fingerprint density at radius 3 is 2.34 bits per heavy atom. The molecule has 1 N–H and O–H groups in total. The highest BCUT2D eigenvalue weighted by molar-refractivity contribution is 7.89. The van der Waals surface area contributed by atoms with Crippen molar-refractivity contribution in [3.63, 3.8) is 0 Å². The van der Waals surface area contributed by atoms with Crippen molar-refractivity contribution in [1.29, 1.82) is 0 Å². The molecule has 2 aromatic carbocycles. The maximum absolute atomic E-state index is 13.3. The topological polar surface area (TPSA) is 75.7 Å². The van der Waals surface area contributed by atoms with Crippen molar-refractivity contribution in [1.82, 2.24) is 9.62 Å². The van der Waals surface area contributed by atoms with Crippen LogP contribution in [-0.2, 0) is 20.2 Å². The lowest BCUT2D eigenvalue weighted by Gasteiger charge is -2.38. The van der Waals surface area contributed by atoms with Gasteiger partial charge in [-0.15, -0.1) is 0 Å². The molecule has 4 rings (SSSR count). The van der Waals surface area contributed by atoms with Crippen LogP contribution in [0.15, 0.2) is 53.4 Å². The maximum Gasteiger partial charge on any atom is 0.252 e. The lowest BCUT2D eigenvalue weighted by atomic mass is 9.74. The van der Waals surface area contributed by atoms with E-state index >= 15 is 0 Å². The van der Waals surface area contributed by atoms with Gasteiger partial charge in [-0.1, -0.05) is 42.3 Å². The fourth-order valence-corrected chi connectivity index (χ4v) is 6.43. The summed E-state index contributed by atoms with van der Waals surface area (Å²) in [5, 5.41) is 3.69. The summed E-state index contributed by atoms with van der Waals surface area (Å²) in [6, 6.07) is 14.2. The van der Waals surface area contributed by atoms with Gasteiger partial charge in [-0.05, 0) is 55.5 Å². The average Bonchev–Trinajstić information content (AvgIpc) is 2.84. The highest BCUT2D eigenvalue weighted by Gasteiger charge is 2.36. The third-order valence-corrected chi connectivity index (χ3v) is 8.77. The van der Waals surface area contributed by atoms with Crippen LogP contribution in [0.5, 0.6) is 0 Å². The van der Waals surface area contributed by atoms with Crippen LogP contribution in [-0.4, -0.2) is 51.5 Å². The molecule has 0 bridgehead atoms. The van der Waals surface area contributed by atoms with Crippen LogP contribution in [0.4, 0.5) is 0 Å². The molecule has 2 aliphatic rings. The zero-order valence-electron chi connectivity index (χ0n) is 18.1. The lowest BCUT2D eigenvalue weighted by molar-refractivity contribution is 0.0487. The summed E-state index contributed by atoms with van der Waals surface area (Å²) < 4.78 is 33.6. The third-order valence-electron chi connectivity index (χ3n) is 6.56. The number of nitrogens with zero attached hydrogens (tertiary/aromatic N) is 1. The normalized spacial score (nSPS) is 19.4. The van der Waals surface area contributed by atoms with Gasteiger partial charge in [-0.2, -0.15) is 4.31 Å². The van der Waals surface area contributed by atoms with Crippen LogP contribution >= 0.6 is 11.6 Å². The van der Waals surface area contributed by atoms with E-state index in [1.54, 1.807) is 18.2 Å². The molecule has 0 radical (unpaired) electrons. The Labute approximate surface area is 195 Å². The number of benzene rings is 2. The number of hydrogen-bond acceptors (Lipinski definition) is 4. The average molecular weight is 477 g/mol. The van der Waals surface area contributed by atoms with Crippen LogP contribution in [0.25, 0.3) is 0 Å². The van der Waals surface area contributed by atoms with E-state index in [2.05, 4.69) is 5.32 Å². The highest BCUT2D eigenvalue weighted by atomic mass is 35.5. The van der Waals surface area contributed by atoms with Crippen LogP contribution in [0.2, 0.25) is 5.02 Å². The lowest BCUT2D eigenvalue weighted by Crippen LogP contribution is -2.45. The quantitative estimate of drug-likeness (QED) is 0.683. The fourth-order valence-electron chi connectivity index (χ4n) is 4.60. The zero-order chi connectivity index (χ0) is 22.6. The van der Waals surface area contributed by atoms with E-state index in [1.807, 2.05) is 24.3 Å². The first-order valence-electron chi connectivity index (χ1n) is 11.1. The summed E-state index contributed by atoms with van der Waals surface area (Å²) in [5.41, 5.74) is 1.01. The van der Waals surface area contributed by atoms with Gasteiger partial charge in [0.1, 0.15) is 0 Å². The smallest absolute Gasteiger partial charge is 0.252 e. The molecule has 2 aliphatic heterocycles. The molecule has 2 fully saturated rings. The molecule has 172 valence electrons. The molecule has 8 heteroatoms. The van der Waals surface area contributed by atoms with Crippen molar-refractivity contribution < 1.29 is 17.9 Å². The van der Waals surface area contributed by atoms with Crippen LogP contribution in [0.1, 0.15) is 48.0 Å². The molecule has 32 heavy (non-hydrogen) atoms. The van der Waals surface area contributed by atoms with Crippen molar-refractivity contribution in [2.24, 2.45) is 0 Å². The Kier molecular flexibility index (Phi) is 7.20. The number of carbonyl (C=O) groups is 1. The van der Waals surface area contributed by atoms with Crippen molar-refractivity contribution in [2.75, 3.05) is 32.8 Å². The number of rotatable bonds is 6. The number of halogens is 1. The van der Waals surface area contributed by atoms with Crippen molar-refractivity contribution in [3.05, 3.63) is 64.7 Å². The number of amides is 1. The van der Waals surface area contributed by atoms with Gasteiger partial charge in [-0.25, -0.2) is 8.42 Å². The van der Waals surface area contributed by atoms with E-state index in [9.17, 15) is 13.2 Å². The first-order valence-corrected chi connectivity index (χ1v) is 13.0. The molecule has 0 saturated carbocycles. The molecule has 0 aromatic heterocycles. The molecule has 2 aromatic rings. The van der Waals surface area contributed by atoms with Crippen molar-refractivity contribution in [3.8, 4) is 0 Å². The maximum atomic E-state index is 13.3. The summed E-state index contributed by atoms with van der Waals surface area (Å²) in [6.45, 7) is 2.61. The van der Waals surface area contributed by atoms with E-state index in [0.717, 1.165) is 37.7 Å². The Balaban J connectivity index is 1.57. The molecular weight excluding hydrogens is 448 g/mol. The number of ether oxygens (including phenoxy) is 1. The second-order valence-corrected chi connectivity index (χ2v) is 10.9. The Hall–Kier alpha value is -1.93. The summed E-state index contributed by atoms with van der Waals surface area (Å²) in [7, 11) is -3.72. The largest absolute Gasteiger partial charge is 0.381 e. The van der Waals surface area contributed by atoms with E-state index in [-0.39, 0.29) is 21.8 Å². The molecule has 1 amide bonds. The van der Waals surface area contributed by atoms with E-state index in [4.69, 9.17) is 16.3 Å². The van der Waals surface area contributed by atoms with Gasteiger partial charge in [0.05, 0.1) is 10.5 Å². The Bertz CT molecular complexity index is 1040. The first kappa shape index (κ1) is 23.2. The monoisotopic (exact) mass is 476 g/mol. The molecule has 0 unspecified atom stereocenters. The molecular formula is C24H29ClN2O4S. The van der Waals surface area contributed by atoms with E-state index in [0.29, 0.717) is 37.9 Å². The minimum absolute atomic E-state index is 0.0759. The van der Waals surface area contributed by atoms with E-state index < -0.39 is 10.0 Å². The minimum atomic E-state index is -3.72. The van der Waals surface area contributed by atoms with E-state index in [1.165, 1.54) is 10.4 Å². The molecule has 0 spiro atoms. The van der Waals surface area contributed by atoms with Crippen molar-refractivity contribution in [2.45, 2.75) is 42.4 Å². The molecule has 0 atom stereocenters. The van der Waals surface area contributed by atoms with Gasteiger partial charge in [-0.3, -0.25) is 4.79 Å². The molecule has 6 nitrogen and oxygen atoms in total. The van der Waals surface area contributed by atoms with Gasteiger partial charge in [0, 0.05) is 43.3 Å². The van der Waals surface area contributed by atoms with Crippen LogP contribution in [0, 0.1) is 0 Å². The van der Waals surface area contributed by atoms with Gasteiger partial charge in [0.15, 0.2) is 0 Å². The van der Waals surface area contributed by atoms with Gasteiger partial charge in [0.25, 0.3) is 5.91 Å². The number of hydrogen-bond donors (Lipinski definition) is 1. The molecule has 2 heterocycles. The minimum Gasteiger partial charge on any atom is -0.381 e. The highest BCUT2D eigenvalue weighted by Crippen LogP contribution is 2.35. The fraction of sp³-hybridized carbons (Fsp3) is 0.458. The Morgan fingerprint density at radius 2 is 1.66 bits per heavy atom. The summed E-state index contributed by atoms with van der Waals surface area (Å²) >= 11 is 6.07. The number of sulfonamides is 1. The number of nitrogens with one attached hydrogen (secondary N) is 1. The van der Waals surface area contributed by atoms with Crippen LogP contribution in [0.3, 0.4) is 0 Å². The summed E-state index contributed by atoms with van der Waals surface area (Å²) in [4.78, 5) is 13.3. The Morgan fingerprint density at radius 1 is 1.00 bits per heavy atom. The van der Waals surface area contributed by atoms with Crippen molar-refractivity contribution >= 4 is 27.5 Å². The summed E-state index contributed by atoms with van der Waals surface area (Å²) in [5.74, 6) is -0.374. The second-order valence-electron chi connectivity index (χ2n) is 8.54. The summed E-state index contributed by atoms with van der Waals surface area (Å²) in [6.07, 6.45) is 4.26. The standard InChI is InChI=1S/C24H29ClN2O4S/c25-20-10-8-19(9-11-20)24(12-16-31-17-13-24)18-26-23(28)21-6-2-3-7-22(21)32(29,30)27-14-4-1-5-15-27/h2-3,6-11H,1,4-5,12-18H2,(H,26,28). The third kappa shape index (κ3) is 4.86. The van der Waals surface area contributed by atoms with Gasteiger partial charge in [0.2, 0.25) is 10.0 Å². The van der Waals surface area contributed by atoms with Gasteiger partial charge >= 0.3 is 0 Å².